The average Bonchev–Trinajstić information content (AvgIpc) is 2.46. The molecule has 0 fully saturated rings. The zero-order valence-corrected chi connectivity index (χ0v) is 12.2. The minimum atomic E-state index is 0.448. The first-order valence-electron chi connectivity index (χ1n) is 6.37. The molecule has 0 atom stereocenters. The molecule has 1 aromatic carbocycles. The number of aryl methyl sites for hydroxylation is 2. The van der Waals surface area contributed by atoms with Crippen LogP contribution in [0.25, 0.3) is 11.4 Å². The predicted octanol–water partition coefficient (Wildman–Crippen LogP) is 2.24. The highest BCUT2D eigenvalue weighted by molar-refractivity contribution is 5.61. The molecule has 0 saturated carbocycles. The molecule has 5 nitrogen and oxygen atoms in total. The number of benzene rings is 1. The van der Waals surface area contributed by atoms with E-state index in [1.807, 2.05) is 32.0 Å². The molecule has 2 aromatic rings. The fourth-order valence-corrected chi connectivity index (χ4v) is 2.14. The van der Waals surface area contributed by atoms with Gasteiger partial charge in [0.25, 0.3) is 0 Å². The molecule has 0 spiro atoms. The number of ether oxygens (including phenoxy) is 2. The van der Waals surface area contributed by atoms with Gasteiger partial charge in [0.1, 0.15) is 0 Å². The fourth-order valence-electron chi connectivity index (χ4n) is 2.14. The van der Waals surface area contributed by atoms with E-state index in [1.165, 1.54) is 0 Å². The Balaban J connectivity index is 2.51. The Morgan fingerprint density at radius 1 is 1.00 bits per heavy atom. The van der Waals surface area contributed by atoms with Gasteiger partial charge in [0, 0.05) is 29.1 Å². The first-order valence-corrected chi connectivity index (χ1v) is 6.37. The zero-order chi connectivity index (χ0) is 14.7. The van der Waals surface area contributed by atoms with E-state index >= 15 is 0 Å². The maximum Gasteiger partial charge on any atom is 0.161 e. The van der Waals surface area contributed by atoms with Crippen molar-refractivity contribution in [3.05, 3.63) is 35.2 Å². The second-order valence-electron chi connectivity index (χ2n) is 4.47. The number of aromatic nitrogens is 2. The Kier molecular flexibility index (Phi) is 4.20. The first kappa shape index (κ1) is 14.3. The number of hydrogen-bond donors (Lipinski definition) is 1. The van der Waals surface area contributed by atoms with E-state index in [9.17, 15) is 0 Å². The summed E-state index contributed by atoms with van der Waals surface area (Å²) in [6.45, 7) is 4.34. The smallest absolute Gasteiger partial charge is 0.161 e. The molecule has 0 bridgehead atoms. The van der Waals surface area contributed by atoms with Crippen molar-refractivity contribution in [2.45, 2.75) is 20.4 Å². The summed E-state index contributed by atoms with van der Waals surface area (Å²) in [6, 6.07) is 5.63. The van der Waals surface area contributed by atoms with Crippen LogP contribution in [0.15, 0.2) is 18.2 Å². The summed E-state index contributed by atoms with van der Waals surface area (Å²) in [5.74, 6) is 2.01. The van der Waals surface area contributed by atoms with Crippen molar-refractivity contribution in [3.8, 4) is 22.9 Å². The third-order valence-electron chi connectivity index (χ3n) is 3.27. The molecule has 0 radical (unpaired) electrons. The minimum absolute atomic E-state index is 0.448. The first-order chi connectivity index (χ1) is 9.60. The van der Waals surface area contributed by atoms with Crippen molar-refractivity contribution < 1.29 is 9.47 Å². The van der Waals surface area contributed by atoms with Gasteiger partial charge < -0.3 is 15.2 Å². The van der Waals surface area contributed by atoms with Crippen LogP contribution in [0, 0.1) is 13.8 Å². The highest BCUT2D eigenvalue weighted by Crippen LogP contribution is 2.31. The predicted molar refractivity (Wildman–Crippen MR) is 77.9 cm³/mol. The number of hydrogen-bond acceptors (Lipinski definition) is 5. The van der Waals surface area contributed by atoms with Gasteiger partial charge in [-0.15, -0.1) is 0 Å². The molecule has 0 aliphatic heterocycles. The van der Waals surface area contributed by atoms with Crippen molar-refractivity contribution in [1.82, 2.24) is 9.97 Å². The van der Waals surface area contributed by atoms with Crippen molar-refractivity contribution in [3.63, 3.8) is 0 Å². The Morgan fingerprint density at radius 2 is 1.60 bits per heavy atom. The van der Waals surface area contributed by atoms with E-state index in [0.717, 1.165) is 22.5 Å². The number of nitrogens with zero attached hydrogens (tertiary/aromatic N) is 2. The SMILES string of the molecule is COc1ccc(-c2nc(C)c(CN)c(C)n2)cc1OC. The Labute approximate surface area is 118 Å². The van der Waals surface area contributed by atoms with Gasteiger partial charge in [0.15, 0.2) is 17.3 Å². The van der Waals surface area contributed by atoms with Crippen molar-refractivity contribution >= 4 is 0 Å². The molecule has 0 aliphatic carbocycles. The third kappa shape index (κ3) is 2.58. The van der Waals surface area contributed by atoms with Crippen LogP contribution in [0.4, 0.5) is 0 Å². The average molecular weight is 273 g/mol. The second-order valence-corrected chi connectivity index (χ2v) is 4.47. The highest BCUT2D eigenvalue weighted by atomic mass is 16.5. The largest absolute Gasteiger partial charge is 0.493 e. The Morgan fingerprint density at radius 3 is 2.10 bits per heavy atom. The molecular formula is C15H19N3O2. The van der Waals surface area contributed by atoms with Gasteiger partial charge in [-0.3, -0.25) is 0 Å². The molecule has 2 N–H and O–H groups in total. The van der Waals surface area contributed by atoms with E-state index in [2.05, 4.69) is 9.97 Å². The molecule has 20 heavy (non-hydrogen) atoms. The normalized spacial score (nSPS) is 10.4. The van der Waals surface area contributed by atoms with Crippen molar-refractivity contribution in [2.75, 3.05) is 14.2 Å². The summed E-state index contributed by atoms with van der Waals surface area (Å²) in [7, 11) is 3.22. The van der Waals surface area contributed by atoms with Crippen LogP contribution in [0.3, 0.4) is 0 Å². The summed E-state index contributed by atoms with van der Waals surface area (Å²) in [5, 5.41) is 0. The van der Waals surface area contributed by atoms with Gasteiger partial charge in [-0.25, -0.2) is 9.97 Å². The summed E-state index contributed by atoms with van der Waals surface area (Å²) in [4.78, 5) is 9.04. The van der Waals surface area contributed by atoms with Crippen LogP contribution < -0.4 is 15.2 Å². The molecule has 106 valence electrons. The molecule has 5 heteroatoms. The van der Waals surface area contributed by atoms with E-state index in [-0.39, 0.29) is 0 Å². The molecule has 1 heterocycles. The number of methoxy groups -OCH3 is 2. The molecule has 0 unspecified atom stereocenters. The van der Waals surface area contributed by atoms with Crippen LogP contribution in [0.1, 0.15) is 17.0 Å². The van der Waals surface area contributed by atoms with E-state index in [1.54, 1.807) is 14.2 Å². The number of rotatable bonds is 4. The molecule has 0 aliphatic rings. The van der Waals surface area contributed by atoms with Gasteiger partial charge in [-0.2, -0.15) is 0 Å². The molecule has 0 saturated heterocycles. The van der Waals surface area contributed by atoms with Gasteiger partial charge in [0.2, 0.25) is 0 Å². The van der Waals surface area contributed by atoms with E-state index in [0.29, 0.717) is 23.9 Å². The lowest BCUT2D eigenvalue weighted by atomic mass is 10.1. The number of nitrogens with two attached hydrogens (primary N) is 1. The molecule has 0 amide bonds. The third-order valence-corrected chi connectivity index (χ3v) is 3.27. The van der Waals surface area contributed by atoms with Gasteiger partial charge in [0.05, 0.1) is 14.2 Å². The van der Waals surface area contributed by atoms with Crippen LogP contribution in [-0.4, -0.2) is 24.2 Å². The second kappa shape index (κ2) is 5.88. The Hall–Kier alpha value is -2.14. The van der Waals surface area contributed by atoms with Crippen LogP contribution in [0.5, 0.6) is 11.5 Å². The monoisotopic (exact) mass is 273 g/mol. The lowest BCUT2D eigenvalue weighted by molar-refractivity contribution is 0.355. The fraction of sp³-hybridized carbons (Fsp3) is 0.333. The lowest BCUT2D eigenvalue weighted by Crippen LogP contribution is -2.07. The summed E-state index contributed by atoms with van der Waals surface area (Å²) >= 11 is 0. The van der Waals surface area contributed by atoms with Gasteiger partial charge >= 0.3 is 0 Å². The molecular weight excluding hydrogens is 254 g/mol. The van der Waals surface area contributed by atoms with Gasteiger partial charge in [-0.05, 0) is 32.0 Å². The summed E-state index contributed by atoms with van der Waals surface area (Å²) in [5.41, 5.74) is 9.40. The molecule has 2 rings (SSSR count). The highest BCUT2D eigenvalue weighted by Gasteiger charge is 2.11. The van der Waals surface area contributed by atoms with Crippen LogP contribution in [0.2, 0.25) is 0 Å². The zero-order valence-electron chi connectivity index (χ0n) is 12.2. The quantitative estimate of drug-likeness (QED) is 0.925. The van der Waals surface area contributed by atoms with E-state index in [4.69, 9.17) is 15.2 Å². The standard InChI is InChI=1S/C15H19N3O2/c1-9-12(8-16)10(2)18-15(17-9)11-5-6-13(19-3)14(7-11)20-4/h5-7H,8,16H2,1-4H3. The Bertz CT molecular complexity index is 604. The molecule has 1 aromatic heterocycles. The topological polar surface area (TPSA) is 70.3 Å². The summed E-state index contributed by atoms with van der Waals surface area (Å²) < 4.78 is 10.5. The lowest BCUT2D eigenvalue weighted by Gasteiger charge is -2.11. The summed E-state index contributed by atoms with van der Waals surface area (Å²) in [6.07, 6.45) is 0. The van der Waals surface area contributed by atoms with Crippen molar-refractivity contribution in [1.29, 1.82) is 0 Å². The minimum Gasteiger partial charge on any atom is -0.493 e. The van der Waals surface area contributed by atoms with Crippen molar-refractivity contribution in [2.24, 2.45) is 5.73 Å². The van der Waals surface area contributed by atoms with E-state index < -0.39 is 0 Å². The van der Waals surface area contributed by atoms with Crippen LogP contribution >= 0.6 is 0 Å². The van der Waals surface area contributed by atoms with Gasteiger partial charge in [-0.1, -0.05) is 0 Å². The maximum atomic E-state index is 5.71. The maximum absolute atomic E-state index is 5.71. The van der Waals surface area contributed by atoms with Crippen LogP contribution in [-0.2, 0) is 6.54 Å².